The van der Waals surface area contributed by atoms with Gasteiger partial charge in [-0.25, -0.2) is 5.43 Å². The lowest BCUT2D eigenvalue weighted by Gasteiger charge is -2.12. The number of halogens is 1. The first kappa shape index (κ1) is 25.3. The second-order valence-corrected chi connectivity index (χ2v) is 9.62. The second kappa shape index (κ2) is 11.7. The average Bonchev–Trinajstić information content (AvgIpc) is 3.26. The van der Waals surface area contributed by atoms with Crippen molar-refractivity contribution >= 4 is 51.9 Å². The average molecular weight is 521 g/mol. The number of aromatic hydroxyl groups is 1. The Morgan fingerprint density at radius 1 is 1.19 bits per heavy atom. The molecule has 0 saturated heterocycles. The van der Waals surface area contributed by atoms with Gasteiger partial charge in [0, 0.05) is 22.8 Å². The Balaban J connectivity index is 1.40. The number of hydrogen-bond acceptors (Lipinski definition) is 7. The number of phenols is 1. The smallest absolute Gasteiger partial charge is 0.253 e. The number of thioether (sulfide) groups is 1. The fourth-order valence-corrected chi connectivity index (χ4v) is 4.48. The molecule has 0 radical (unpaired) electrons. The number of hydrazone groups is 1. The zero-order chi connectivity index (χ0) is 25.5. The van der Waals surface area contributed by atoms with Gasteiger partial charge in [0.2, 0.25) is 0 Å². The summed E-state index contributed by atoms with van der Waals surface area (Å²) in [5.41, 5.74) is 4.00. The summed E-state index contributed by atoms with van der Waals surface area (Å²) in [5.74, 6) is 0.501. The minimum atomic E-state index is -0.492. The van der Waals surface area contributed by atoms with Crippen LogP contribution in [0.1, 0.15) is 18.3 Å². The molecule has 0 saturated carbocycles. The first-order chi connectivity index (χ1) is 17.5. The number of amides is 1. The van der Waals surface area contributed by atoms with E-state index in [-0.39, 0.29) is 11.7 Å². The van der Waals surface area contributed by atoms with Crippen LogP contribution in [0.15, 0.2) is 83.6 Å². The van der Waals surface area contributed by atoms with E-state index in [1.54, 1.807) is 19.1 Å². The lowest BCUT2D eigenvalue weighted by atomic mass is 10.0. The third kappa shape index (κ3) is 6.05. The molecule has 0 aliphatic heterocycles. The minimum Gasteiger partial charge on any atom is -0.507 e. The van der Waals surface area contributed by atoms with Crippen molar-refractivity contribution < 1.29 is 9.90 Å². The Bertz CT molecular complexity index is 1400. The van der Waals surface area contributed by atoms with Gasteiger partial charge >= 0.3 is 0 Å². The number of hydrogen-bond donors (Lipinski definition) is 3. The number of rotatable bonds is 10. The molecule has 0 aliphatic carbocycles. The molecule has 4 aromatic rings. The third-order valence-corrected chi connectivity index (χ3v) is 6.70. The Hall–Kier alpha value is -3.82. The Morgan fingerprint density at radius 2 is 1.97 bits per heavy atom. The molecular weight excluding hydrogens is 496 g/mol. The van der Waals surface area contributed by atoms with E-state index in [0.29, 0.717) is 34.7 Å². The summed E-state index contributed by atoms with van der Waals surface area (Å²) in [4.78, 5) is 12.7. The van der Waals surface area contributed by atoms with Gasteiger partial charge in [-0.05, 0) is 48.0 Å². The van der Waals surface area contributed by atoms with Gasteiger partial charge in [0.25, 0.3) is 5.91 Å². The number of carbonyl (C=O) groups excluding carboxylic acids is 1. The van der Waals surface area contributed by atoms with E-state index in [0.717, 1.165) is 16.5 Å². The Labute approximate surface area is 218 Å². The van der Waals surface area contributed by atoms with E-state index in [4.69, 9.17) is 11.6 Å². The van der Waals surface area contributed by atoms with Gasteiger partial charge in [0.05, 0.1) is 18.0 Å². The predicted molar refractivity (Wildman–Crippen MR) is 146 cm³/mol. The molecule has 0 spiro atoms. The van der Waals surface area contributed by atoms with Crippen molar-refractivity contribution in [2.24, 2.45) is 5.10 Å². The number of benzene rings is 3. The van der Waals surface area contributed by atoms with Crippen molar-refractivity contribution in [2.45, 2.75) is 30.4 Å². The molecule has 184 valence electrons. The maximum absolute atomic E-state index is 12.7. The normalized spacial score (nSPS) is 12.1. The Morgan fingerprint density at radius 3 is 2.75 bits per heavy atom. The van der Waals surface area contributed by atoms with Crippen molar-refractivity contribution in [3.63, 3.8) is 0 Å². The van der Waals surface area contributed by atoms with Gasteiger partial charge in [0.15, 0.2) is 11.0 Å². The summed E-state index contributed by atoms with van der Waals surface area (Å²) in [6.07, 6.45) is 3.21. The molecule has 3 N–H and O–H groups in total. The predicted octanol–water partition coefficient (Wildman–Crippen LogP) is 5.22. The largest absolute Gasteiger partial charge is 0.507 e. The van der Waals surface area contributed by atoms with E-state index in [1.807, 2.05) is 59.2 Å². The number of phenolic OH excluding ortho intramolecular Hbond substituents is 1. The van der Waals surface area contributed by atoms with Gasteiger partial charge in [-0.1, -0.05) is 59.8 Å². The molecule has 10 heteroatoms. The summed E-state index contributed by atoms with van der Waals surface area (Å²) in [6.45, 7) is 6.53. The van der Waals surface area contributed by atoms with Gasteiger partial charge in [-0.2, -0.15) is 5.10 Å². The van der Waals surface area contributed by atoms with Crippen molar-refractivity contribution in [3.05, 3.63) is 89.7 Å². The Kier molecular flexibility index (Phi) is 8.24. The number of fused-ring (bicyclic) bond motifs is 1. The lowest BCUT2D eigenvalue weighted by molar-refractivity contribution is -0.120. The summed E-state index contributed by atoms with van der Waals surface area (Å²) in [6, 6.07) is 18.5. The maximum Gasteiger partial charge on any atom is 0.253 e. The monoisotopic (exact) mass is 520 g/mol. The van der Waals surface area contributed by atoms with E-state index in [1.165, 1.54) is 18.0 Å². The molecule has 0 fully saturated rings. The van der Waals surface area contributed by atoms with Crippen LogP contribution >= 0.6 is 23.4 Å². The van der Waals surface area contributed by atoms with Crippen LogP contribution in [-0.2, 0) is 17.9 Å². The van der Waals surface area contributed by atoms with Crippen molar-refractivity contribution in [3.8, 4) is 5.75 Å². The first-order valence-electron chi connectivity index (χ1n) is 11.2. The molecule has 36 heavy (non-hydrogen) atoms. The van der Waals surface area contributed by atoms with Crippen molar-refractivity contribution in [1.82, 2.24) is 20.2 Å². The van der Waals surface area contributed by atoms with E-state index in [2.05, 4.69) is 32.6 Å². The summed E-state index contributed by atoms with van der Waals surface area (Å²) in [7, 11) is 0. The number of anilines is 1. The molecule has 1 aromatic heterocycles. The van der Waals surface area contributed by atoms with Crippen molar-refractivity contribution in [2.75, 3.05) is 5.32 Å². The van der Waals surface area contributed by atoms with E-state index in [9.17, 15) is 9.90 Å². The number of nitrogens with zero attached hydrogens (tertiary/aromatic N) is 4. The molecule has 1 amide bonds. The maximum atomic E-state index is 12.7. The molecule has 1 unspecified atom stereocenters. The van der Waals surface area contributed by atoms with Gasteiger partial charge < -0.3 is 15.0 Å². The summed E-state index contributed by atoms with van der Waals surface area (Å²) in [5, 5.41) is 28.8. The fraction of sp³-hybridized carbons (Fsp3) is 0.154. The number of carbonyl (C=O) groups is 1. The standard InChI is InChI=1S/C26H25ClN6O2S/c1-3-14-33-24(16-28-20-11-9-19(27)10-12-20)30-32-26(33)36-17(2)25(35)31-29-15-22-21-7-5-4-6-18(21)8-13-23(22)34/h3-13,15,17,28,34H,1,14,16H2,2H3,(H,31,35)/b29-15+. The third-order valence-electron chi connectivity index (χ3n) is 5.37. The first-order valence-corrected chi connectivity index (χ1v) is 12.4. The highest BCUT2D eigenvalue weighted by Crippen LogP contribution is 2.26. The van der Waals surface area contributed by atoms with Crippen LogP contribution in [0.5, 0.6) is 5.75 Å². The molecule has 8 nitrogen and oxygen atoms in total. The van der Waals surface area contributed by atoms with Crippen LogP contribution in [-0.4, -0.2) is 37.2 Å². The molecule has 3 aromatic carbocycles. The van der Waals surface area contributed by atoms with E-state index < -0.39 is 5.25 Å². The second-order valence-electron chi connectivity index (χ2n) is 7.87. The quantitative estimate of drug-likeness (QED) is 0.115. The summed E-state index contributed by atoms with van der Waals surface area (Å²) < 4.78 is 1.90. The molecular formula is C26H25ClN6O2S. The van der Waals surface area contributed by atoms with E-state index >= 15 is 0 Å². The highest BCUT2D eigenvalue weighted by molar-refractivity contribution is 8.00. The van der Waals surface area contributed by atoms with Crippen LogP contribution in [0.2, 0.25) is 5.02 Å². The van der Waals surface area contributed by atoms with Crippen LogP contribution in [0, 0.1) is 0 Å². The highest BCUT2D eigenvalue weighted by atomic mass is 35.5. The fourth-order valence-electron chi connectivity index (χ4n) is 3.48. The van der Waals surface area contributed by atoms with Crippen LogP contribution in [0.4, 0.5) is 5.69 Å². The van der Waals surface area contributed by atoms with Crippen LogP contribution in [0.25, 0.3) is 10.8 Å². The SMILES string of the molecule is C=CCn1c(CNc2ccc(Cl)cc2)nnc1SC(C)C(=O)N/N=C/c1c(O)ccc2ccccc12. The number of aromatic nitrogens is 3. The number of nitrogens with one attached hydrogen (secondary N) is 2. The van der Waals surface area contributed by atoms with Crippen LogP contribution in [0.3, 0.4) is 0 Å². The van der Waals surface area contributed by atoms with Crippen LogP contribution < -0.4 is 10.7 Å². The minimum absolute atomic E-state index is 0.0892. The lowest BCUT2D eigenvalue weighted by Crippen LogP contribution is -2.27. The van der Waals surface area contributed by atoms with Gasteiger partial charge in [-0.15, -0.1) is 16.8 Å². The summed E-state index contributed by atoms with van der Waals surface area (Å²) >= 11 is 7.22. The van der Waals surface area contributed by atoms with Gasteiger partial charge in [0.1, 0.15) is 5.75 Å². The number of allylic oxidation sites excluding steroid dienone is 1. The molecule has 0 bridgehead atoms. The zero-order valence-electron chi connectivity index (χ0n) is 19.6. The molecule has 0 aliphatic rings. The molecule has 1 heterocycles. The zero-order valence-corrected chi connectivity index (χ0v) is 21.1. The van der Waals surface area contributed by atoms with Crippen molar-refractivity contribution in [1.29, 1.82) is 0 Å². The molecule has 4 rings (SSSR count). The highest BCUT2D eigenvalue weighted by Gasteiger charge is 2.19. The topological polar surface area (TPSA) is 104 Å². The molecule has 1 atom stereocenters. The van der Waals surface area contributed by atoms with Gasteiger partial charge in [-0.3, -0.25) is 4.79 Å².